The van der Waals surface area contributed by atoms with Gasteiger partial charge in [-0.3, -0.25) is 11.3 Å². The smallest absolute Gasteiger partial charge is 0.105 e. The third kappa shape index (κ3) is 3.10. The third-order valence-corrected chi connectivity index (χ3v) is 3.35. The summed E-state index contributed by atoms with van der Waals surface area (Å²) in [5.41, 5.74) is 3.71. The maximum Gasteiger partial charge on any atom is 0.105 e. The van der Waals surface area contributed by atoms with Gasteiger partial charge in [0.1, 0.15) is 5.76 Å². The van der Waals surface area contributed by atoms with Crippen molar-refractivity contribution in [3.8, 4) is 0 Å². The molecule has 1 unspecified atom stereocenters. The van der Waals surface area contributed by atoms with Gasteiger partial charge >= 0.3 is 0 Å². The molecule has 0 bridgehead atoms. The molecule has 3 nitrogen and oxygen atoms in total. The highest BCUT2D eigenvalue weighted by atomic mass is 79.9. The Bertz CT molecular complexity index is 487. The summed E-state index contributed by atoms with van der Waals surface area (Å²) in [6, 6.07) is 9.43. The zero-order valence-electron chi connectivity index (χ0n) is 8.99. The van der Waals surface area contributed by atoms with E-state index in [1.807, 2.05) is 30.3 Å². The van der Waals surface area contributed by atoms with Gasteiger partial charge in [0.25, 0.3) is 0 Å². The molecule has 0 amide bonds. The summed E-state index contributed by atoms with van der Waals surface area (Å²) in [5, 5.41) is 0.675. The summed E-state index contributed by atoms with van der Waals surface area (Å²) in [7, 11) is 0. The lowest BCUT2D eigenvalue weighted by Crippen LogP contribution is -2.29. The maximum atomic E-state index is 6.19. The number of halogens is 2. The standard InChI is InChI=1S/C12H12BrClN2O/c13-8-3-4-10(11(14)6-8)12(16-15)7-9-2-1-5-17-9/h1-6,12,16H,7,15H2. The van der Waals surface area contributed by atoms with E-state index >= 15 is 0 Å². The molecule has 1 aromatic carbocycles. The summed E-state index contributed by atoms with van der Waals surface area (Å²) in [6.45, 7) is 0. The largest absolute Gasteiger partial charge is 0.469 e. The Morgan fingerprint density at radius 2 is 2.24 bits per heavy atom. The molecule has 5 heteroatoms. The molecule has 1 aromatic heterocycles. The molecule has 0 saturated carbocycles. The van der Waals surface area contributed by atoms with Gasteiger partial charge in [-0.2, -0.15) is 0 Å². The van der Waals surface area contributed by atoms with Crippen molar-refractivity contribution in [1.82, 2.24) is 5.43 Å². The van der Waals surface area contributed by atoms with Crippen molar-refractivity contribution in [3.63, 3.8) is 0 Å². The second-order valence-electron chi connectivity index (χ2n) is 3.67. The maximum absolute atomic E-state index is 6.19. The Morgan fingerprint density at radius 1 is 1.41 bits per heavy atom. The van der Waals surface area contributed by atoms with Crippen LogP contribution in [0.25, 0.3) is 0 Å². The number of nitrogens with two attached hydrogens (primary N) is 1. The normalized spacial score (nSPS) is 12.6. The molecule has 1 atom stereocenters. The van der Waals surface area contributed by atoms with E-state index in [1.54, 1.807) is 6.26 Å². The van der Waals surface area contributed by atoms with Crippen LogP contribution in [0, 0.1) is 0 Å². The monoisotopic (exact) mass is 314 g/mol. The van der Waals surface area contributed by atoms with Crippen molar-refractivity contribution in [1.29, 1.82) is 0 Å². The van der Waals surface area contributed by atoms with E-state index in [-0.39, 0.29) is 6.04 Å². The molecule has 0 spiro atoms. The van der Waals surface area contributed by atoms with Crippen LogP contribution < -0.4 is 11.3 Å². The molecule has 0 saturated heterocycles. The van der Waals surface area contributed by atoms with Crippen molar-refractivity contribution in [2.24, 2.45) is 5.84 Å². The molecule has 1 heterocycles. The highest BCUT2D eigenvalue weighted by molar-refractivity contribution is 9.10. The van der Waals surface area contributed by atoms with Crippen molar-refractivity contribution in [3.05, 3.63) is 57.4 Å². The summed E-state index contributed by atoms with van der Waals surface area (Å²) in [4.78, 5) is 0. The van der Waals surface area contributed by atoms with E-state index in [0.717, 1.165) is 15.8 Å². The minimum atomic E-state index is -0.0678. The number of hydrazine groups is 1. The second kappa shape index (κ2) is 5.69. The van der Waals surface area contributed by atoms with Gasteiger partial charge in [0.05, 0.1) is 12.3 Å². The molecular weight excluding hydrogens is 304 g/mol. The first-order chi connectivity index (χ1) is 8.20. The summed E-state index contributed by atoms with van der Waals surface area (Å²) in [5.74, 6) is 6.43. The lowest BCUT2D eigenvalue weighted by Gasteiger charge is -2.16. The van der Waals surface area contributed by atoms with Crippen LogP contribution in [0.1, 0.15) is 17.4 Å². The minimum absolute atomic E-state index is 0.0678. The zero-order chi connectivity index (χ0) is 12.3. The third-order valence-electron chi connectivity index (χ3n) is 2.52. The number of hydrogen-bond acceptors (Lipinski definition) is 3. The molecule has 3 N–H and O–H groups in total. The van der Waals surface area contributed by atoms with E-state index in [1.165, 1.54) is 0 Å². The fourth-order valence-corrected chi connectivity index (χ4v) is 2.48. The Hall–Kier alpha value is -0.810. The van der Waals surface area contributed by atoms with Crippen molar-refractivity contribution < 1.29 is 4.42 Å². The highest BCUT2D eigenvalue weighted by Gasteiger charge is 2.15. The first-order valence-corrected chi connectivity index (χ1v) is 6.31. The lowest BCUT2D eigenvalue weighted by molar-refractivity contribution is 0.455. The van der Waals surface area contributed by atoms with Gasteiger partial charge in [-0.1, -0.05) is 33.6 Å². The number of furan rings is 1. The average Bonchev–Trinajstić information content (AvgIpc) is 2.79. The highest BCUT2D eigenvalue weighted by Crippen LogP contribution is 2.28. The van der Waals surface area contributed by atoms with Gasteiger partial charge in [0, 0.05) is 15.9 Å². The SMILES string of the molecule is NNC(Cc1ccco1)c1ccc(Br)cc1Cl. The molecule has 17 heavy (non-hydrogen) atoms. The first-order valence-electron chi connectivity index (χ1n) is 5.14. The minimum Gasteiger partial charge on any atom is -0.469 e. The molecule has 90 valence electrons. The van der Waals surface area contributed by atoms with Crippen LogP contribution in [0.5, 0.6) is 0 Å². The molecule has 0 radical (unpaired) electrons. The first kappa shape index (κ1) is 12.6. The summed E-state index contributed by atoms with van der Waals surface area (Å²) in [6.07, 6.45) is 2.30. The van der Waals surface area contributed by atoms with Crippen LogP contribution in [-0.4, -0.2) is 0 Å². The summed E-state index contributed by atoms with van der Waals surface area (Å²) >= 11 is 9.56. The molecule has 0 aliphatic rings. The van der Waals surface area contributed by atoms with E-state index < -0.39 is 0 Å². The molecule has 2 aromatic rings. The van der Waals surface area contributed by atoms with Gasteiger partial charge < -0.3 is 4.42 Å². The van der Waals surface area contributed by atoms with E-state index in [9.17, 15) is 0 Å². The topological polar surface area (TPSA) is 51.2 Å². The van der Waals surface area contributed by atoms with Gasteiger partial charge in [-0.15, -0.1) is 0 Å². The van der Waals surface area contributed by atoms with Crippen LogP contribution in [0.2, 0.25) is 5.02 Å². The lowest BCUT2D eigenvalue weighted by atomic mass is 10.0. The van der Waals surface area contributed by atoms with Crippen molar-refractivity contribution in [2.75, 3.05) is 0 Å². The number of rotatable bonds is 4. The molecule has 0 fully saturated rings. The number of benzene rings is 1. The predicted octanol–water partition coefficient (Wildman–Crippen LogP) is 3.44. The Kier molecular flexibility index (Phi) is 4.23. The Balaban J connectivity index is 2.23. The van der Waals surface area contributed by atoms with Gasteiger partial charge in [-0.05, 0) is 29.8 Å². The Labute approximate surface area is 113 Å². The van der Waals surface area contributed by atoms with Crippen LogP contribution in [0.15, 0.2) is 45.5 Å². The van der Waals surface area contributed by atoms with Crippen LogP contribution in [-0.2, 0) is 6.42 Å². The van der Waals surface area contributed by atoms with E-state index in [0.29, 0.717) is 11.4 Å². The molecular formula is C12H12BrClN2O. The quantitative estimate of drug-likeness (QED) is 0.671. The van der Waals surface area contributed by atoms with Crippen LogP contribution in [0.4, 0.5) is 0 Å². The summed E-state index contributed by atoms with van der Waals surface area (Å²) < 4.78 is 6.25. The predicted molar refractivity (Wildman–Crippen MR) is 71.6 cm³/mol. The molecule has 0 aliphatic heterocycles. The van der Waals surface area contributed by atoms with Gasteiger partial charge in [0.2, 0.25) is 0 Å². The molecule has 0 aliphatic carbocycles. The van der Waals surface area contributed by atoms with E-state index in [2.05, 4.69) is 21.4 Å². The van der Waals surface area contributed by atoms with Gasteiger partial charge in [0.15, 0.2) is 0 Å². The average molecular weight is 316 g/mol. The van der Waals surface area contributed by atoms with Crippen molar-refractivity contribution >= 4 is 27.5 Å². The number of nitrogens with one attached hydrogen (secondary N) is 1. The van der Waals surface area contributed by atoms with Crippen LogP contribution in [0.3, 0.4) is 0 Å². The van der Waals surface area contributed by atoms with Gasteiger partial charge in [-0.25, -0.2) is 0 Å². The fraction of sp³-hybridized carbons (Fsp3) is 0.167. The van der Waals surface area contributed by atoms with Crippen molar-refractivity contribution in [2.45, 2.75) is 12.5 Å². The van der Waals surface area contributed by atoms with Crippen LogP contribution >= 0.6 is 27.5 Å². The fourth-order valence-electron chi connectivity index (χ4n) is 1.67. The number of hydrogen-bond donors (Lipinski definition) is 2. The van der Waals surface area contributed by atoms with E-state index in [4.69, 9.17) is 21.9 Å². The second-order valence-corrected chi connectivity index (χ2v) is 4.99. The Morgan fingerprint density at radius 3 is 2.82 bits per heavy atom. The zero-order valence-corrected chi connectivity index (χ0v) is 11.3. The molecule has 2 rings (SSSR count).